The van der Waals surface area contributed by atoms with Gasteiger partial charge in [0.25, 0.3) is 0 Å². The summed E-state index contributed by atoms with van der Waals surface area (Å²) in [6.07, 6.45) is 2.81. The van der Waals surface area contributed by atoms with Gasteiger partial charge in [-0.3, -0.25) is 0 Å². The summed E-state index contributed by atoms with van der Waals surface area (Å²) in [5.74, 6) is 0.532. The molecule has 0 atom stereocenters. The van der Waals surface area contributed by atoms with Crippen molar-refractivity contribution in [3.8, 4) is 21.8 Å². The van der Waals surface area contributed by atoms with E-state index in [1.807, 2.05) is 53.9 Å². The molecule has 1 saturated heterocycles. The van der Waals surface area contributed by atoms with Gasteiger partial charge in [0.15, 0.2) is 0 Å². The zero-order valence-electron chi connectivity index (χ0n) is 18.3. The Morgan fingerprint density at radius 3 is 2.12 bits per heavy atom. The van der Waals surface area contributed by atoms with Gasteiger partial charge >= 0.3 is 0 Å². The molecule has 33 heavy (non-hydrogen) atoms. The van der Waals surface area contributed by atoms with Crippen LogP contribution in [-0.4, -0.2) is 30.8 Å². The van der Waals surface area contributed by atoms with E-state index in [1.54, 1.807) is 27.8 Å². The molecule has 0 spiro atoms. The Labute approximate surface area is 199 Å². The molecule has 0 amide bonds. The van der Waals surface area contributed by atoms with Crippen molar-refractivity contribution in [2.24, 2.45) is 5.92 Å². The van der Waals surface area contributed by atoms with E-state index in [-0.39, 0.29) is 0 Å². The summed E-state index contributed by atoms with van der Waals surface area (Å²) in [4.78, 5) is 5.09. The van der Waals surface area contributed by atoms with Crippen LogP contribution in [0.15, 0.2) is 95.2 Å². The van der Waals surface area contributed by atoms with Gasteiger partial charge < -0.3 is 0 Å². The fraction of sp³-hybridized carbons (Fsp3) is 0.222. The predicted molar refractivity (Wildman–Crippen MR) is 135 cm³/mol. The average Bonchev–Trinajstić information content (AvgIpc) is 3.36. The zero-order chi connectivity index (χ0) is 22.7. The van der Waals surface area contributed by atoms with Crippen LogP contribution in [0.2, 0.25) is 0 Å². The highest BCUT2D eigenvalue weighted by atomic mass is 32.2. The van der Waals surface area contributed by atoms with Crippen molar-refractivity contribution in [1.29, 1.82) is 0 Å². The fourth-order valence-electron chi connectivity index (χ4n) is 4.37. The summed E-state index contributed by atoms with van der Waals surface area (Å²) in [6, 6.07) is 27.7. The summed E-state index contributed by atoms with van der Waals surface area (Å²) >= 11 is 1.59. The first-order chi connectivity index (χ1) is 16.1. The number of piperidine rings is 1. The van der Waals surface area contributed by atoms with Crippen LogP contribution in [-0.2, 0) is 16.4 Å². The van der Waals surface area contributed by atoms with Crippen LogP contribution in [0.3, 0.4) is 0 Å². The SMILES string of the molecule is O=S(=O)(c1ccc(-c2csc(-c3ccccc3)n2)cc1)N1CCC(Cc2ccccc2)CC1. The minimum atomic E-state index is -3.48. The molecule has 3 aromatic carbocycles. The van der Waals surface area contributed by atoms with Crippen LogP contribution in [0.4, 0.5) is 0 Å². The van der Waals surface area contributed by atoms with E-state index in [9.17, 15) is 8.42 Å². The van der Waals surface area contributed by atoms with Crippen LogP contribution >= 0.6 is 11.3 Å². The maximum absolute atomic E-state index is 13.2. The van der Waals surface area contributed by atoms with Crippen molar-refractivity contribution >= 4 is 21.4 Å². The molecular weight excluding hydrogens is 448 g/mol. The fourth-order valence-corrected chi connectivity index (χ4v) is 6.67. The quantitative estimate of drug-likeness (QED) is 0.338. The van der Waals surface area contributed by atoms with Crippen molar-refractivity contribution in [1.82, 2.24) is 9.29 Å². The van der Waals surface area contributed by atoms with Crippen LogP contribution in [0, 0.1) is 5.92 Å². The van der Waals surface area contributed by atoms with Crippen molar-refractivity contribution in [2.45, 2.75) is 24.2 Å². The monoisotopic (exact) mass is 474 g/mol. The average molecular weight is 475 g/mol. The number of benzene rings is 3. The highest BCUT2D eigenvalue weighted by molar-refractivity contribution is 7.89. The van der Waals surface area contributed by atoms with Crippen LogP contribution in [0.5, 0.6) is 0 Å². The molecule has 4 nitrogen and oxygen atoms in total. The van der Waals surface area contributed by atoms with Crippen molar-refractivity contribution in [2.75, 3.05) is 13.1 Å². The standard InChI is InChI=1S/C27H26N2O2S2/c30-33(31,29-17-15-22(16-18-29)19-21-7-3-1-4-8-21)25-13-11-23(12-14-25)26-20-32-27(28-26)24-9-5-2-6-10-24/h1-14,20,22H,15-19H2. The largest absolute Gasteiger partial charge is 0.243 e. The Kier molecular flexibility index (Phi) is 6.40. The van der Waals surface area contributed by atoms with E-state index < -0.39 is 10.0 Å². The van der Waals surface area contributed by atoms with Gasteiger partial charge in [0, 0.05) is 29.6 Å². The molecule has 0 saturated carbocycles. The van der Waals surface area contributed by atoms with E-state index in [4.69, 9.17) is 4.98 Å². The van der Waals surface area contributed by atoms with Gasteiger partial charge in [0.05, 0.1) is 10.6 Å². The van der Waals surface area contributed by atoms with Gasteiger partial charge in [0.2, 0.25) is 10.0 Å². The molecule has 1 aliphatic heterocycles. The van der Waals surface area contributed by atoms with Gasteiger partial charge in [0.1, 0.15) is 5.01 Å². The molecule has 0 aliphatic carbocycles. The summed E-state index contributed by atoms with van der Waals surface area (Å²) in [7, 11) is -3.48. The molecule has 0 unspecified atom stereocenters. The lowest BCUT2D eigenvalue weighted by molar-refractivity contribution is 0.273. The predicted octanol–water partition coefficient (Wildman–Crippen LogP) is 6.12. The summed E-state index contributed by atoms with van der Waals surface area (Å²) < 4.78 is 28.0. The second-order valence-electron chi connectivity index (χ2n) is 8.47. The first-order valence-corrected chi connectivity index (χ1v) is 13.6. The Bertz CT molecular complexity index is 1290. The lowest BCUT2D eigenvalue weighted by Gasteiger charge is -2.31. The third kappa shape index (κ3) is 4.93. The van der Waals surface area contributed by atoms with E-state index >= 15 is 0 Å². The highest BCUT2D eigenvalue weighted by Gasteiger charge is 2.29. The molecule has 4 aromatic rings. The van der Waals surface area contributed by atoms with E-state index in [2.05, 4.69) is 24.3 Å². The first kappa shape index (κ1) is 22.0. The van der Waals surface area contributed by atoms with Crippen molar-refractivity contribution in [3.63, 3.8) is 0 Å². The molecule has 2 heterocycles. The van der Waals surface area contributed by atoms with Gasteiger partial charge in [-0.05, 0) is 42.9 Å². The summed E-state index contributed by atoms with van der Waals surface area (Å²) in [6.45, 7) is 1.15. The normalized spacial score (nSPS) is 15.5. The number of rotatable bonds is 6. The molecule has 168 valence electrons. The molecule has 1 aliphatic rings. The number of hydrogen-bond acceptors (Lipinski definition) is 4. The summed E-state index contributed by atoms with van der Waals surface area (Å²) in [5.41, 5.74) is 4.20. The smallest absolute Gasteiger partial charge is 0.236 e. The van der Waals surface area contributed by atoms with Crippen molar-refractivity contribution in [3.05, 3.63) is 95.9 Å². The Balaban J connectivity index is 1.25. The maximum Gasteiger partial charge on any atom is 0.243 e. The third-order valence-corrected chi connectivity index (χ3v) is 9.06. The van der Waals surface area contributed by atoms with Gasteiger partial charge in [-0.25, -0.2) is 13.4 Å². The zero-order valence-corrected chi connectivity index (χ0v) is 19.9. The Morgan fingerprint density at radius 1 is 0.818 bits per heavy atom. The van der Waals surface area contributed by atoms with Crippen LogP contribution in [0.1, 0.15) is 18.4 Å². The van der Waals surface area contributed by atoms with Crippen LogP contribution in [0.25, 0.3) is 21.8 Å². The molecular formula is C27H26N2O2S2. The molecule has 6 heteroatoms. The van der Waals surface area contributed by atoms with Gasteiger partial charge in [-0.2, -0.15) is 4.31 Å². The summed E-state index contributed by atoms with van der Waals surface area (Å²) in [5, 5.41) is 2.98. The van der Waals surface area contributed by atoms with E-state index in [1.165, 1.54) is 5.56 Å². The third-order valence-electron chi connectivity index (χ3n) is 6.25. The molecule has 1 fully saturated rings. The number of nitrogens with zero attached hydrogens (tertiary/aromatic N) is 2. The number of thiazole rings is 1. The Morgan fingerprint density at radius 2 is 1.45 bits per heavy atom. The second kappa shape index (κ2) is 9.59. The van der Waals surface area contributed by atoms with Crippen molar-refractivity contribution < 1.29 is 8.42 Å². The topological polar surface area (TPSA) is 50.3 Å². The highest BCUT2D eigenvalue weighted by Crippen LogP contribution is 2.30. The number of aromatic nitrogens is 1. The molecule has 1 aromatic heterocycles. The van der Waals surface area contributed by atoms with Crippen LogP contribution < -0.4 is 0 Å². The molecule has 0 N–H and O–H groups in total. The lowest BCUT2D eigenvalue weighted by Crippen LogP contribution is -2.38. The lowest BCUT2D eigenvalue weighted by atomic mass is 9.91. The minimum Gasteiger partial charge on any atom is -0.236 e. The Hall–Kier alpha value is -2.80. The van der Waals surface area contributed by atoms with E-state index in [0.29, 0.717) is 23.9 Å². The second-order valence-corrected chi connectivity index (χ2v) is 11.3. The molecule has 0 radical (unpaired) electrons. The number of sulfonamides is 1. The minimum absolute atomic E-state index is 0.353. The maximum atomic E-state index is 13.2. The first-order valence-electron chi connectivity index (χ1n) is 11.2. The molecule has 5 rings (SSSR count). The molecule has 0 bridgehead atoms. The van der Waals surface area contributed by atoms with Gasteiger partial charge in [-0.1, -0.05) is 72.8 Å². The number of hydrogen-bond donors (Lipinski definition) is 0. The van der Waals surface area contributed by atoms with E-state index in [0.717, 1.165) is 41.1 Å². The van der Waals surface area contributed by atoms with Gasteiger partial charge in [-0.15, -0.1) is 11.3 Å².